The van der Waals surface area contributed by atoms with Gasteiger partial charge in [0.05, 0.1) is 27.9 Å². The van der Waals surface area contributed by atoms with Gasteiger partial charge in [0.15, 0.2) is 5.65 Å². The number of carbonyl (C=O) groups excluding carboxylic acids is 1. The van der Waals surface area contributed by atoms with Crippen molar-refractivity contribution in [2.75, 3.05) is 6.54 Å². The molecule has 2 heterocycles. The molecule has 6 nitrogen and oxygen atoms in total. The van der Waals surface area contributed by atoms with E-state index in [4.69, 9.17) is 10.7 Å². The van der Waals surface area contributed by atoms with Crippen LogP contribution in [0.5, 0.6) is 0 Å². The lowest BCUT2D eigenvalue weighted by Gasteiger charge is -2.29. The molecule has 27 heavy (non-hydrogen) atoms. The SMILES string of the molecule is Cc1nn(C)c2nc(-c3ccccc3)cc(C(=O)NC3(CN)CCCC3)c12. The summed E-state index contributed by atoms with van der Waals surface area (Å²) in [6, 6.07) is 11.8. The molecule has 3 N–H and O–H groups in total. The molecule has 0 bridgehead atoms. The van der Waals surface area contributed by atoms with Gasteiger partial charge in [-0.2, -0.15) is 5.10 Å². The fourth-order valence-corrected chi connectivity index (χ4v) is 4.12. The predicted molar refractivity (Wildman–Crippen MR) is 106 cm³/mol. The predicted octanol–water partition coefficient (Wildman–Crippen LogP) is 2.95. The molecule has 1 saturated carbocycles. The van der Waals surface area contributed by atoms with Gasteiger partial charge < -0.3 is 11.1 Å². The number of hydrogen-bond acceptors (Lipinski definition) is 4. The third-order valence-electron chi connectivity index (χ3n) is 5.61. The average molecular weight is 363 g/mol. The Morgan fingerprint density at radius 1 is 1.26 bits per heavy atom. The number of nitrogens with zero attached hydrogens (tertiary/aromatic N) is 3. The molecule has 1 aliphatic carbocycles. The van der Waals surface area contributed by atoms with Crippen molar-refractivity contribution in [3.8, 4) is 11.3 Å². The van der Waals surface area contributed by atoms with E-state index in [0.717, 1.165) is 48.0 Å². The second kappa shape index (κ2) is 6.78. The minimum absolute atomic E-state index is 0.0944. The molecule has 1 amide bonds. The van der Waals surface area contributed by atoms with Crippen LogP contribution in [0.1, 0.15) is 41.7 Å². The van der Waals surface area contributed by atoms with Crippen LogP contribution < -0.4 is 11.1 Å². The maximum Gasteiger partial charge on any atom is 0.252 e. The Labute approximate surface area is 158 Å². The zero-order chi connectivity index (χ0) is 19.0. The summed E-state index contributed by atoms with van der Waals surface area (Å²) in [4.78, 5) is 18.1. The summed E-state index contributed by atoms with van der Waals surface area (Å²) in [7, 11) is 1.86. The van der Waals surface area contributed by atoms with Gasteiger partial charge in [0.2, 0.25) is 0 Å². The molecule has 6 heteroatoms. The maximum absolute atomic E-state index is 13.3. The lowest BCUT2D eigenvalue weighted by molar-refractivity contribution is 0.0904. The van der Waals surface area contributed by atoms with Crippen molar-refractivity contribution in [2.24, 2.45) is 12.8 Å². The van der Waals surface area contributed by atoms with Crippen molar-refractivity contribution in [2.45, 2.75) is 38.1 Å². The normalized spacial score (nSPS) is 16.0. The molecular formula is C21H25N5O. The molecule has 1 fully saturated rings. The van der Waals surface area contributed by atoms with Crippen LogP contribution in [-0.4, -0.2) is 32.8 Å². The average Bonchev–Trinajstić information content (AvgIpc) is 3.27. The van der Waals surface area contributed by atoms with Gasteiger partial charge in [0.1, 0.15) is 0 Å². The number of aryl methyl sites for hydroxylation is 2. The van der Waals surface area contributed by atoms with Crippen molar-refractivity contribution in [3.63, 3.8) is 0 Å². The molecular weight excluding hydrogens is 338 g/mol. The monoisotopic (exact) mass is 363 g/mol. The standard InChI is InChI=1S/C21H25N5O/c1-14-18-16(20(27)24-21(13-22)10-6-7-11-21)12-17(15-8-4-3-5-9-15)23-19(18)26(2)25-14/h3-5,8-9,12H,6-7,10-11,13,22H2,1-2H3,(H,24,27). The van der Waals surface area contributed by atoms with E-state index in [-0.39, 0.29) is 11.4 Å². The van der Waals surface area contributed by atoms with E-state index in [2.05, 4.69) is 10.4 Å². The van der Waals surface area contributed by atoms with E-state index in [0.29, 0.717) is 17.8 Å². The van der Waals surface area contributed by atoms with Crippen LogP contribution in [-0.2, 0) is 7.05 Å². The van der Waals surface area contributed by atoms with Gasteiger partial charge >= 0.3 is 0 Å². The molecule has 0 atom stereocenters. The molecule has 1 aromatic carbocycles. The number of aromatic nitrogens is 3. The molecule has 1 aliphatic rings. The first-order chi connectivity index (χ1) is 13.0. The first-order valence-corrected chi connectivity index (χ1v) is 9.45. The Kier molecular flexibility index (Phi) is 4.44. The number of hydrogen-bond donors (Lipinski definition) is 2. The smallest absolute Gasteiger partial charge is 0.252 e. The molecule has 2 aromatic heterocycles. The molecule has 0 unspecified atom stereocenters. The Bertz CT molecular complexity index is 987. The van der Waals surface area contributed by atoms with Crippen molar-refractivity contribution >= 4 is 16.9 Å². The van der Waals surface area contributed by atoms with Gasteiger partial charge in [0, 0.05) is 19.2 Å². The van der Waals surface area contributed by atoms with Crippen molar-refractivity contribution in [1.29, 1.82) is 0 Å². The molecule has 0 radical (unpaired) electrons. The number of benzene rings is 1. The number of rotatable bonds is 4. The van der Waals surface area contributed by atoms with Gasteiger partial charge in [-0.05, 0) is 25.8 Å². The quantitative estimate of drug-likeness (QED) is 0.746. The fraction of sp³-hybridized carbons (Fsp3) is 0.381. The van der Waals surface area contributed by atoms with Gasteiger partial charge in [-0.25, -0.2) is 4.98 Å². The van der Waals surface area contributed by atoms with Crippen LogP contribution >= 0.6 is 0 Å². The minimum atomic E-state index is -0.296. The molecule has 3 aromatic rings. The highest BCUT2D eigenvalue weighted by atomic mass is 16.1. The van der Waals surface area contributed by atoms with Crippen LogP contribution in [0.2, 0.25) is 0 Å². The summed E-state index contributed by atoms with van der Waals surface area (Å²) >= 11 is 0. The van der Waals surface area contributed by atoms with Crippen LogP contribution in [0.15, 0.2) is 36.4 Å². The summed E-state index contributed by atoms with van der Waals surface area (Å²) in [6.45, 7) is 2.38. The highest BCUT2D eigenvalue weighted by Crippen LogP contribution is 2.31. The second-order valence-electron chi connectivity index (χ2n) is 7.47. The van der Waals surface area contributed by atoms with E-state index in [1.54, 1.807) is 4.68 Å². The Morgan fingerprint density at radius 2 is 1.96 bits per heavy atom. The number of nitrogens with one attached hydrogen (secondary N) is 1. The first-order valence-electron chi connectivity index (χ1n) is 9.45. The van der Waals surface area contributed by atoms with Crippen LogP contribution in [0, 0.1) is 6.92 Å². The maximum atomic E-state index is 13.3. The first kappa shape index (κ1) is 17.7. The summed E-state index contributed by atoms with van der Waals surface area (Å²) in [5, 5.41) is 8.53. The number of carbonyl (C=O) groups is 1. The van der Waals surface area contributed by atoms with Crippen molar-refractivity contribution in [1.82, 2.24) is 20.1 Å². The lowest BCUT2D eigenvalue weighted by atomic mass is 9.96. The van der Waals surface area contributed by atoms with Crippen LogP contribution in [0.3, 0.4) is 0 Å². The fourth-order valence-electron chi connectivity index (χ4n) is 4.12. The zero-order valence-corrected chi connectivity index (χ0v) is 15.8. The third-order valence-corrected chi connectivity index (χ3v) is 5.61. The van der Waals surface area contributed by atoms with Gasteiger partial charge in [-0.3, -0.25) is 9.48 Å². The van der Waals surface area contributed by atoms with Crippen LogP contribution in [0.25, 0.3) is 22.3 Å². The topological polar surface area (TPSA) is 85.8 Å². The van der Waals surface area contributed by atoms with E-state index >= 15 is 0 Å². The largest absolute Gasteiger partial charge is 0.345 e. The zero-order valence-electron chi connectivity index (χ0n) is 15.8. The Morgan fingerprint density at radius 3 is 2.63 bits per heavy atom. The molecule has 0 saturated heterocycles. The number of fused-ring (bicyclic) bond motifs is 1. The molecule has 4 rings (SSSR count). The number of nitrogens with two attached hydrogens (primary N) is 1. The molecule has 0 spiro atoms. The Hall–Kier alpha value is -2.73. The van der Waals surface area contributed by atoms with Gasteiger partial charge in [0.25, 0.3) is 5.91 Å². The van der Waals surface area contributed by atoms with E-state index < -0.39 is 0 Å². The highest BCUT2D eigenvalue weighted by molar-refractivity contribution is 6.07. The van der Waals surface area contributed by atoms with Crippen molar-refractivity contribution in [3.05, 3.63) is 47.7 Å². The van der Waals surface area contributed by atoms with E-state index in [1.165, 1.54) is 0 Å². The number of amides is 1. The Balaban J connectivity index is 1.84. The molecule has 140 valence electrons. The third kappa shape index (κ3) is 3.10. The number of pyridine rings is 1. The van der Waals surface area contributed by atoms with E-state index in [1.807, 2.05) is 50.4 Å². The van der Waals surface area contributed by atoms with Gasteiger partial charge in [-0.15, -0.1) is 0 Å². The second-order valence-corrected chi connectivity index (χ2v) is 7.47. The summed E-state index contributed by atoms with van der Waals surface area (Å²) in [6.07, 6.45) is 4.07. The highest BCUT2D eigenvalue weighted by Gasteiger charge is 2.35. The van der Waals surface area contributed by atoms with Gasteiger partial charge in [-0.1, -0.05) is 43.2 Å². The summed E-state index contributed by atoms with van der Waals surface area (Å²) in [5.41, 5.74) is 9.60. The van der Waals surface area contributed by atoms with Crippen molar-refractivity contribution < 1.29 is 4.79 Å². The summed E-state index contributed by atoms with van der Waals surface area (Å²) < 4.78 is 1.74. The minimum Gasteiger partial charge on any atom is -0.345 e. The molecule has 0 aliphatic heterocycles. The lowest BCUT2D eigenvalue weighted by Crippen LogP contribution is -2.51. The summed E-state index contributed by atoms with van der Waals surface area (Å²) in [5.74, 6) is -0.0944. The van der Waals surface area contributed by atoms with Crippen LogP contribution in [0.4, 0.5) is 0 Å². The van der Waals surface area contributed by atoms with E-state index in [9.17, 15) is 4.79 Å².